The molecule has 2 aromatic heterocycles. The topological polar surface area (TPSA) is 83.6 Å². The van der Waals surface area contributed by atoms with E-state index in [0.29, 0.717) is 13.1 Å². The molecule has 0 fully saturated rings. The van der Waals surface area contributed by atoms with Crippen LogP contribution in [0.1, 0.15) is 22.7 Å². The average molecular weight is 397 g/mol. The van der Waals surface area contributed by atoms with Gasteiger partial charge in [0.15, 0.2) is 0 Å². The molecule has 6 N–H and O–H groups in total. The van der Waals surface area contributed by atoms with E-state index in [1.165, 1.54) is 27.6 Å². The fourth-order valence-corrected chi connectivity index (χ4v) is 4.10. The van der Waals surface area contributed by atoms with Gasteiger partial charge in [0.25, 0.3) is 0 Å². The zero-order chi connectivity index (χ0) is 17.4. The summed E-state index contributed by atoms with van der Waals surface area (Å²) in [6.07, 6.45) is 2.91. The van der Waals surface area contributed by atoms with E-state index in [4.69, 9.17) is 11.5 Å². The summed E-state index contributed by atoms with van der Waals surface area (Å²) < 4.78 is 1.06. The van der Waals surface area contributed by atoms with Crippen molar-refractivity contribution in [1.82, 2.24) is 9.97 Å². The number of fused-ring (bicyclic) bond motifs is 2. The Bertz CT molecular complexity index is 1030. The summed E-state index contributed by atoms with van der Waals surface area (Å²) in [5.41, 5.74) is 18.0. The second-order valence-corrected chi connectivity index (χ2v) is 7.24. The van der Waals surface area contributed by atoms with Crippen LogP contribution in [0.25, 0.3) is 21.8 Å². The lowest BCUT2D eigenvalue weighted by molar-refractivity contribution is 0.784. The Morgan fingerprint density at radius 2 is 1.84 bits per heavy atom. The third-order valence-corrected chi connectivity index (χ3v) is 5.37. The first-order chi connectivity index (χ1) is 12.2. The predicted molar refractivity (Wildman–Crippen MR) is 108 cm³/mol. The van der Waals surface area contributed by atoms with Crippen molar-refractivity contribution >= 4 is 37.7 Å². The molecule has 4 rings (SSSR count). The van der Waals surface area contributed by atoms with Crippen LogP contribution in [-0.2, 0) is 6.42 Å². The maximum absolute atomic E-state index is 6.23. The van der Waals surface area contributed by atoms with E-state index < -0.39 is 0 Å². The Morgan fingerprint density at radius 3 is 2.64 bits per heavy atom. The van der Waals surface area contributed by atoms with E-state index in [1.54, 1.807) is 0 Å². The maximum atomic E-state index is 6.23. The van der Waals surface area contributed by atoms with Crippen LogP contribution in [0.4, 0.5) is 0 Å². The van der Waals surface area contributed by atoms with Crippen LogP contribution in [0.15, 0.2) is 53.1 Å². The third kappa shape index (κ3) is 2.78. The van der Waals surface area contributed by atoms with Gasteiger partial charge in [-0.05, 0) is 42.3 Å². The van der Waals surface area contributed by atoms with Gasteiger partial charge < -0.3 is 21.4 Å². The molecular formula is C20H21BrN4. The number of halogens is 1. The van der Waals surface area contributed by atoms with Crippen LogP contribution in [-0.4, -0.2) is 23.1 Å². The third-order valence-electron chi connectivity index (χ3n) is 4.88. The van der Waals surface area contributed by atoms with Gasteiger partial charge in [0, 0.05) is 50.6 Å². The van der Waals surface area contributed by atoms with Gasteiger partial charge in [0.05, 0.1) is 0 Å². The fraction of sp³-hybridized carbons (Fsp3) is 0.200. The lowest BCUT2D eigenvalue weighted by Crippen LogP contribution is -2.16. The minimum Gasteiger partial charge on any atom is -0.361 e. The standard InChI is InChI=1S/C20H21BrN4/c21-12-5-6-14-17(11-24-19(14)9-12)16(10-23)20-15(7-8-22)13-3-1-2-4-18(13)25-20/h1-6,9,11,16,24-25H,7-8,10,22-23H2. The van der Waals surface area contributed by atoms with Crippen molar-refractivity contribution in [3.05, 3.63) is 70.0 Å². The van der Waals surface area contributed by atoms with Crippen LogP contribution in [0, 0.1) is 0 Å². The van der Waals surface area contributed by atoms with Crippen molar-refractivity contribution in [3.8, 4) is 0 Å². The molecular weight excluding hydrogens is 376 g/mol. The number of nitrogens with one attached hydrogen (secondary N) is 2. The molecule has 0 bridgehead atoms. The molecule has 4 aromatic rings. The molecule has 2 heterocycles. The molecule has 0 saturated carbocycles. The molecule has 0 aliphatic heterocycles. The number of rotatable bonds is 5. The van der Waals surface area contributed by atoms with Gasteiger partial charge in [0.2, 0.25) is 0 Å². The van der Waals surface area contributed by atoms with E-state index in [0.717, 1.165) is 21.9 Å². The first kappa shape index (κ1) is 16.4. The van der Waals surface area contributed by atoms with Crippen molar-refractivity contribution in [2.24, 2.45) is 11.5 Å². The highest BCUT2D eigenvalue weighted by atomic mass is 79.9. The van der Waals surface area contributed by atoms with Gasteiger partial charge in [-0.15, -0.1) is 0 Å². The number of para-hydroxylation sites is 1. The second kappa shape index (κ2) is 6.67. The molecule has 0 spiro atoms. The minimum absolute atomic E-state index is 0.101. The zero-order valence-electron chi connectivity index (χ0n) is 13.9. The van der Waals surface area contributed by atoms with Gasteiger partial charge in [-0.25, -0.2) is 0 Å². The smallest absolute Gasteiger partial charge is 0.0468 e. The second-order valence-electron chi connectivity index (χ2n) is 6.32. The first-order valence-electron chi connectivity index (χ1n) is 8.49. The number of hydrogen-bond acceptors (Lipinski definition) is 2. The lowest BCUT2D eigenvalue weighted by Gasteiger charge is -2.16. The monoisotopic (exact) mass is 396 g/mol. The summed E-state index contributed by atoms with van der Waals surface area (Å²) in [5.74, 6) is 0.101. The summed E-state index contributed by atoms with van der Waals surface area (Å²) in [6.45, 7) is 1.15. The fourth-order valence-electron chi connectivity index (χ4n) is 3.74. The molecule has 5 heteroatoms. The molecule has 0 aliphatic carbocycles. The highest BCUT2D eigenvalue weighted by Gasteiger charge is 2.22. The summed E-state index contributed by atoms with van der Waals surface area (Å²) >= 11 is 3.53. The highest BCUT2D eigenvalue weighted by molar-refractivity contribution is 9.10. The summed E-state index contributed by atoms with van der Waals surface area (Å²) in [5, 5.41) is 2.44. The zero-order valence-corrected chi connectivity index (χ0v) is 15.4. The molecule has 1 atom stereocenters. The largest absolute Gasteiger partial charge is 0.361 e. The SMILES string of the molecule is NCCc1c(C(CN)c2c[nH]c3cc(Br)ccc23)[nH]c2ccccc12. The van der Waals surface area contributed by atoms with E-state index in [1.807, 2.05) is 0 Å². The molecule has 25 heavy (non-hydrogen) atoms. The number of hydrogen-bond donors (Lipinski definition) is 4. The Labute approximate surface area is 154 Å². The Balaban J connectivity index is 1.91. The average Bonchev–Trinajstić information content (AvgIpc) is 3.19. The molecule has 1 unspecified atom stereocenters. The van der Waals surface area contributed by atoms with Gasteiger partial charge >= 0.3 is 0 Å². The number of aromatic nitrogens is 2. The summed E-state index contributed by atoms with van der Waals surface area (Å²) in [7, 11) is 0. The van der Waals surface area contributed by atoms with Gasteiger partial charge in [-0.2, -0.15) is 0 Å². The quantitative estimate of drug-likeness (QED) is 0.410. The van der Waals surface area contributed by atoms with Gasteiger partial charge in [-0.1, -0.05) is 40.2 Å². The van der Waals surface area contributed by atoms with Crippen LogP contribution >= 0.6 is 15.9 Å². The van der Waals surface area contributed by atoms with Crippen LogP contribution < -0.4 is 11.5 Å². The van der Waals surface area contributed by atoms with Crippen LogP contribution in [0.5, 0.6) is 0 Å². The maximum Gasteiger partial charge on any atom is 0.0468 e. The molecule has 2 aromatic carbocycles. The number of benzene rings is 2. The minimum atomic E-state index is 0.101. The van der Waals surface area contributed by atoms with Crippen LogP contribution in [0.3, 0.4) is 0 Å². The molecule has 0 amide bonds. The molecule has 4 nitrogen and oxygen atoms in total. The Morgan fingerprint density at radius 1 is 1.00 bits per heavy atom. The number of H-pyrrole nitrogens is 2. The molecule has 128 valence electrons. The number of aromatic amines is 2. The van der Waals surface area contributed by atoms with E-state index in [2.05, 4.69) is 74.6 Å². The highest BCUT2D eigenvalue weighted by Crippen LogP contribution is 2.35. The summed E-state index contributed by atoms with van der Waals surface area (Å²) in [4.78, 5) is 6.98. The first-order valence-corrected chi connectivity index (χ1v) is 9.28. The van der Waals surface area contributed by atoms with E-state index in [-0.39, 0.29) is 5.92 Å². The van der Waals surface area contributed by atoms with Gasteiger partial charge in [0.1, 0.15) is 0 Å². The van der Waals surface area contributed by atoms with Crippen molar-refractivity contribution in [2.75, 3.05) is 13.1 Å². The molecule has 0 saturated heterocycles. The Kier molecular flexibility index (Phi) is 4.37. The van der Waals surface area contributed by atoms with Crippen molar-refractivity contribution in [2.45, 2.75) is 12.3 Å². The van der Waals surface area contributed by atoms with E-state index >= 15 is 0 Å². The molecule has 0 radical (unpaired) electrons. The summed E-state index contributed by atoms with van der Waals surface area (Å²) in [6, 6.07) is 14.7. The number of nitrogens with two attached hydrogens (primary N) is 2. The predicted octanol–water partition coefficient (Wildman–Crippen LogP) is 4.00. The van der Waals surface area contributed by atoms with Crippen molar-refractivity contribution in [1.29, 1.82) is 0 Å². The van der Waals surface area contributed by atoms with Crippen LogP contribution in [0.2, 0.25) is 0 Å². The van der Waals surface area contributed by atoms with Crippen molar-refractivity contribution in [3.63, 3.8) is 0 Å². The normalized spacial score (nSPS) is 12.9. The molecule has 0 aliphatic rings. The van der Waals surface area contributed by atoms with Crippen molar-refractivity contribution < 1.29 is 0 Å². The van der Waals surface area contributed by atoms with E-state index in [9.17, 15) is 0 Å². The Hall–Kier alpha value is -2.08. The van der Waals surface area contributed by atoms with Gasteiger partial charge in [-0.3, -0.25) is 0 Å². The lowest BCUT2D eigenvalue weighted by atomic mass is 9.91.